The Morgan fingerprint density at radius 1 is 1.38 bits per heavy atom. The third-order valence-electron chi connectivity index (χ3n) is 3.41. The highest BCUT2D eigenvalue weighted by Crippen LogP contribution is 2.31. The van der Waals surface area contributed by atoms with E-state index in [0.717, 1.165) is 5.69 Å². The maximum Gasteiger partial charge on any atom is 0.123 e. The molecule has 1 aliphatic rings. The first-order chi connectivity index (χ1) is 7.72. The first-order valence-corrected chi connectivity index (χ1v) is 5.96. The zero-order valence-electron chi connectivity index (χ0n) is 9.70. The molecule has 0 spiro atoms. The lowest BCUT2D eigenvalue weighted by Gasteiger charge is -2.43. The molecule has 2 rings (SSSR count). The van der Waals surface area contributed by atoms with E-state index < -0.39 is 0 Å². The summed E-state index contributed by atoms with van der Waals surface area (Å²) in [7, 11) is 0. The Bertz CT molecular complexity index is 328. The molecule has 1 aromatic rings. The maximum atomic E-state index is 12.9. The summed E-state index contributed by atoms with van der Waals surface area (Å²) in [6.45, 7) is 2.76. The lowest BCUT2D eigenvalue weighted by molar-refractivity contribution is 0.364. The maximum absolute atomic E-state index is 12.9. The van der Waals surface area contributed by atoms with Crippen molar-refractivity contribution in [2.45, 2.75) is 38.3 Å². The van der Waals surface area contributed by atoms with Crippen LogP contribution in [0, 0.1) is 5.82 Å². The van der Waals surface area contributed by atoms with Gasteiger partial charge in [0.2, 0.25) is 0 Å². The number of hydrogen-bond donors (Lipinski definition) is 1. The molecule has 0 amide bonds. The number of anilines is 1. The lowest BCUT2D eigenvalue weighted by Crippen LogP contribution is -2.48. The van der Waals surface area contributed by atoms with E-state index in [1.165, 1.54) is 31.4 Å². The van der Waals surface area contributed by atoms with Crippen molar-refractivity contribution in [3.05, 3.63) is 30.1 Å². The fourth-order valence-electron chi connectivity index (χ4n) is 2.22. The minimum Gasteiger partial charge on any atom is -0.365 e. The number of benzene rings is 1. The third-order valence-corrected chi connectivity index (χ3v) is 3.41. The van der Waals surface area contributed by atoms with E-state index >= 15 is 0 Å². The van der Waals surface area contributed by atoms with Gasteiger partial charge in [-0.15, -0.1) is 0 Å². The van der Waals surface area contributed by atoms with E-state index in [4.69, 9.17) is 5.73 Å². The van der Waals surface area contributed by atoms with E-state index in [2.05, 4.69) is 11.8 Å². The second-order valence-corrected chi connectivity index (χ2v) is 4.55. The van der Waals surface area contributed by atoms with E-state index in [1.54, 1.807) is 0 Å². The predicted molar refractivity (Wildman–Crippen MR) is 65.0 cm³/mol. The summed E-state index contributed by atoms with van der Waals surface area (Å²) >= 11 is 0. The normalized spacial score (nSPS) is 17.9. The van der Waals surface area contributed by atoms with Gasteiger partial charge < -0.3 is 10.6 Å². The van der Waals surface area contributed by atoms with Crippen molar-refractivity contribution in [3.63, 3.8) is 0 Å². The number of rotatable bonds is 4. The molecule has 3 heteroatoms. The monoisotopic (exact) mass is 222 g/mol. The van der Waals surface area contributed by atoms with Crippen LogP contribution >= 0.6 is 0 Å². The summed E-state index contributed by atoms with van der Waals surface area (Å²) < 4.78 is 12.9. The van der Waals surface area contributed by atoms with Gasteiger partial charge in [0.05, 0.1) is 0 Å². The first-order valence-electron chi connectivity index (χ1n) is 5.96. The molecule has 1 aliphatic carbocycles. The van der Waals surface area contributed by atoms with Crippen molar-refractivity contribution in [2.24, 2.45) is 5.73 Å². The number of halogens is 1. The van der Waals surface area contributed by atoms with E-state index in [0.29, 0.717) is 18.6 Å². The standard InChI is InChI=1S/C13H19FN2/c1-10(9-15)16(12-3-2-4-12)13-7-5-11(14)6-8-13/h5-8,10,12H,2-4,9,15H2,1H3. The quantitative estimate of drug-likeness (QED) is 0.848. The molecule has 0 radical (unpaired) electrons. The molecule has 2 N–H and O–H groups in total. The van der Waals surface area contributed by atoms with Gasteiger partial charge in [0.25, 0.3) is 0 Å². The second kappa shape index (κ2) is 4.83. The van der Waals surface area contributed by atoms with Crippen LogP contribution < -0.4 is 10.6 Å². The molecule has 0 bridgehead atoms. The van der Waals surface area contributed by atoms with Crippen LogP contribution in [0.2, 0.25) is 0 Å². The largest absolute Gasteiger partial charge is 0.365 e. The van der Waals surface area contributed by atoms with Gasteiger partial charge in [0, 0.05) is 24.3 Å². The summed E-state index contributed by atoms with van der Waals surface area (Å²) in [6.07, 6.45) is 3.74. The van der Waals surface area contributed by atoms with Crippen LogP contribution in [0.4, 0.5) is 10.1 Å². The summed E-state index contributed by atoms with van der Waals surface area (Å²) in [5.41, 5.74) is 6.83. The van der Waals surface area contributed by atoms with Gasteiger partial charge in [-0.25, -0.2) is 4.39 Å². The molecule has 0 aromatic heterocycles. The molecule has 0 aliphatic heterocycles. The molecular weight excluding hydrogens is 203 g/mol. The van der Waals surface area contributed by atoms with Crippen LogP contribution in [-0.4, -0.2) is 18.6 Å². The Hall–Kier alpha value is -1.09. The van der Waals surface area contributed by atoms with Crippen molar-refractivity contribution in [3.8, 4) is 0 Å². The van der Waals surface area contributed by atoms with Gasteiger partial charge in [-0.05, 0) is 50.5 Å². The topological polar surface area (TPSA) is 29.3 Å². The fourth-order valence-corrected chi connectivity index (χ4v) is 2.22. The van der Waals surface area contributed by atoms with Gasteiger partial charge >= 0.3 is 0 Å². The molecule has 16 heavy (non-hydrogen) atoms. The summed E-state index contributed by atoms with van der Waals surface area (Å²) in [6, 6.07) is 7.63. The van der Waals surface area contributed by atoms with Crippen LogP contribution in [0.3, 0.4) is 0 Å². The molecule has 1 atom stereocenters. The van der Waals surface area contributed by atoms with E-state index in [9.17, 15) is 4.39 Å². The van der Waals surface area contributed by atoms with Crippen molar-refractivity contribution in [2.75, 3.05) is 11.4 Å². The smallest absolute Gasteiger partial charge is 0.123 e. The Morgan fingerprint density at radius 3 is 2.44 bits per heavy atom. The second-order valence-electron chi connectivity index (χ2n) is 4.55. The molecule has 1 aromatic carbocycles. The molecule has 88 valence electrons. The average molecular weight is 222 g/mol. The van der Waals surface area contributed by atoms with Crippen LogP contribution in [0.5, 0.6) is 0 Å². The third kappa shape index (κ3) is 2.19. The van der Waals surface area contributed by atoms with Gasteiger partial charge in [0.1, 0.15) is 5.82 Å². The highest BCUT2D eigenvalue weighted by atomic mass is 19.1. The Kier molecular flexibility index (Phi) is 3.44. The minimum absolute atomic E-state index is 0.183. The summed E-state index contributed by atoms with van der Waals surface area (Å²) in [5.74, 6) is -0.183. The van der Waals surface area contributed by atoms with E-state index in [-0.39, 0.29) is 5.82 Å². The van der Waals surface area contributed by atoms with Crippen molar-refractivity contribution in [1.82, 2.24) is 0 Å². The van der Waals surface area contributed by atoms with Crippen molar-refractivity contribution in [1.29, 1.82) is 0 Å². The van der Waals surface area contributed by atoms with Crippen LogP contribution in [-0.2, 0) is 0 Å². The SMILES string of the molecule is CC(CN)N(c1ccc(F)cc1)C1CCC1. The molecule has 1 fully saturated rings. The van der Waals surface area contributed by atoms with Crippen molar-refractivity contribution >= 4 is 5.69 Å². The van der Waals surface area contributed by atoms with E-state index in [1.807, 2.05) is 12.1 Å². The molecule has 1 unspecified atom stereocenters. The highest BCUT2D eigenvalue weighted by Gasteiger charge is 2.28. The molecular formula is C13H19FN2. The molecule has 0 saturated heterocycles. The number of hydrogen-bond acceptors (Lipinski definition) is 2. The van der Waals surface area contributed by atoms with Crippen molar-refractivity contribution < 1.29 is 4.39 Å². The molecule has 2 nitrogen and oxygen atoms in total. The van der Waals surface area contributed by atoms with Gasteiger partial charge in [-0.3, -0.25) is 0 Å². The highest BCUT2D eigenvalue weighted by molar-refractivity contribution is 5.49. The van der Waals surface area contributed by atoms with Gasteiger partial charge in [-0.2, -0.15) is 0 Å². The Morgan fingerprint density at radius 2 is 2.00 bits per heavy atom. The summed E-state index contributed by atoms with van der Waals surface area (Å²) in [5, 5.41) is 0. The van der Waals surface area contributed by atoms with Crippen LogP contribution in [0.1, 0.15) is 26.2 Å². The molecule has 1 saturated carbocycles. The Labute approximate surface area is 96.2 Å². The average Bonchev–Trinajstić information content (AvgIpc) is 2.24. The minimum atomic E-state index is -0.183. The zero-order chi connectivity index (χ0) is 11.5. The van der Waals surface area contributed by atoms with Gasteiger partial charge in [-0.1, -0.05) is 0 Å². The Balaban J connectivity index is 2.20. The number of nitrogens with two attached hydrogens (primary N) is 1. The first kappa shape index (κ1) is 11.4. The fraction of sp³-hybridized carbons (Fsp3) is 0.538. The predicted octanol–water partition coefficient (Wildman–Crippen LogP) is 2.53. The lowest BCUT2D eigenvalue weighted by atomic mass is 9.90. The molecule has 0 heterocycles. The zero-order valence-corrected chi connectivity index (χ0v) is 9.70. The van der Waals surface area contributed by atoms with Crippen LogP contribution in [0.15, 0.2) is 24.3 Å². The summed E-state index contributed by atoms with van der Waals surface area (Å²) in [4.78, 5) is 2.34. The van der Waals surface area contributed by atoms with Gasteiger partial charge in [0.15, 0.2) is 0 Å². The number of nitrogens with zero attached hydrogens (tertiary/aromatic N) is 1. The van der Waals surface area contributed by atoms with Crippen LogP contribution in [0.25, 0.3) is 0 Å².